The molecule has 0 amide bonds. The maximum absolute atomic E-state index is 5.77. The Morgan fingerprint density at radius 1 is 1.42 bits per heavy atom. The molecule has 1 aromatic carbocycles. The van der Waals surface area contributed by atoms with Gasteiger partial charge in [-0.3, -0.25) is 0 Å². The number of nitrogens with one attached hydrogen (secondary N) is 1. The molecule has 2 rings (SSSR count). The van der Waals surface area contributed by atoms with Crippen LogP contribution in [0, 0.1) is 0 Å². The maximum Gasteiger partial charge on any atom is 0.213 e. The van der Waals surface area contributed by atoms with Crippen molar-refractivity contribution in [3.05, 3.63) is 40.5 Å². The van der Waals surface area contributed by atoms with Gasteiger partial charge in [0.1, 0.15) is 5.75 Å². The van der Waals surface area contributed by atoms with Crippen molar-refractivity contribution in [3.8, 4) is 5.75 Å². The van der Waals surface area contributed by atoms with Gasteiger partial charge in [0.05, 0.1) is 4.47 Å². The largest absolute Gasteiger partial charge is 0.484 e. The van der Waals surface area contributed by atoms with E-state index in [2.05, 4.69) is 42.8 Å². The topological polar surface area (TPSA) is 60.2 Å². The van der Waals surface area contributed by atoms with E-state index in [9.17, 15) is 0 Å². The van der Waals surface area contributed by atoms with E-state index < -0.39 is 0 Å². The number of benzene rings is 1. The molecule has 19 heavy (non-hydrogen) atoms. The van der Waals surface area contributed by atoms with E-state index in [1.165, 1.54) is 6.39 Å². The molecule has 0 saturated carbocycles. The molecule has 0 aliphatic carbocycles. The second-order valence-electron chi connectivity index (χ2n) is 4.04. The summed E-state index contributed by atoms with van der Waals surface area (Å²) in [6, 6.07) is 5.99. The fourth-order valence-electron chi connectivity index (χ4n) is 1.65. The first-order chi connectivity index (χ1) is 9.31. The van der Waals surface area contributed by atoms with Crippen LogP contribution in [0.25, 0.3) is 0 Å². The van der Waals surface area contributed by atoms with Crippen molar-refractivity contribution < 1.29 is 9.26 Å². The van der Waals surface area contributed by atoms with Crippen molar-refractivity contribution in [2.45, 2.75) is 26.5 Å². The van der Waals surface area contributed by atoms with Crippen LogP contribution in [0.4, 0.5) is 0 Å². The molecule has 0 atom stereocenters. The molecule has 0 aliphatic rings. The zero-order valence-corrected chi connectivity index (χ0v) is 12.3. The highest BCUT2D eigenvalue weighted by molar-refractivity contribution is 9.10. The third-order valence-corrected chi connectivity index (χ3v) is 3.17. The number of halogens is 1. The quantitative estimate of drug-likeness (QED) is 0.793. The Kier molecular flexibility index (Phi) is 5.35. The van der Waals surface area contributed by atoms with Crippen LogP contribution in [0.5, 0.6) is 5.75 Å². The molecule has 0 spiro atoms. The van der Waals surface area contributed by atoms with E-state index >= 15 is 0 Å². The standard InChI is InChI=1S/C13H16BrN3O2/c1-2-6-15-7-10-4-3-5-11(14)13(10)18-8-12-16-9-19-17-12/h3-5,9,15H,2,6-8H2,1H3. The lowest BCUT2D eigenvalue weighted by molar-refractivity contribution is 0.281. The van der Waals surface area contributed by atoms with Crippen LogP contribution in [0.1, 0.15) is 24.7 Å². The van der Waals surface area contributed by atoms with Crippen molar-refractivity contribution in [1.29, 1.82) is 0 Å². The lowest BCUT2D eigenvalue weighted by Crippen LogP contribution is -2.15. The average molecular weight is 326 g/mol. The number of ether oxygens (including phenoxy) is 1. The van der Waals surface area contributed by atoms with Gasteiger partial charge in [-0.05, 0) is 35.0 Å². The van der Waals surface area contributed by atoms with Gasteiger partial charge < -0.3 is 14.6 Å². The lowest BCUT2D eigenvalue weighted by Gasteiger charge is -2.12. The molecular weight excluding hydrogens is 310 g/mol. The Hall–Kier alpha value is -1.40. The summed E-state index contributed by atoms with van der Waals surface area (Å²) < 4.78 is 11.4. The van der Waals surface area contributed by atoms with Crippen LogP contribution in [0.15, 0.2) is 33.6 Å². The van der Waals surface area contributed by atoms with Crippen LogP contribution in [0.3, 0.4) is 0 Å². The molecule has 5 nitrogen and oxygen atoms in total. The molecule has 0 fully saturated rings. The average Bonchev–Trinajstić information content (AvgIpc) is 2.91. The maximum atomic E-state index is 5.77. The van der Waals surface area contributed by atoms with Crippen LogP contribution < -0.4 is 10.1 Å². The van der Waals surface area contributed by atoms with Crippen LogP contribution in [-0.2, 0) is 13.2 Å². The van der Waals surface area contributed by atoms with Gasteiger partial charge in [-0.2, -0.15) is 4.98 Å². The molecule has 0 saturated heterocycles. The third-order valence-electron chi connectivity index (χ3n) is 2.54. The van der Waals surface area contributed by atoms with E-state index in [-0.39, 0.29) is 0 Å². The third kappa shape index (κ3) is 4.04. The first-order valence-electron chi connectivity index (χ1n) is 6.17. The summed E-state index contributed by atoms with van der Waals surface area (Å²) in [6.45, 7) is 4.19. The Morgan fingerprint density at radius 3 is 3.05 bits per heavy atom. The van der Waals surface area contributed by atoms with Crippen molar-refractivity contribution in [2.75, 3.05) is 6.54 Å². The number of para-hydroxylation sites is 1. The summed E-state index contributed by atoms with van der Waals surface area (Å²) >= 11 is 3.50. The number of aromatic nitrogens is 2. The summed E-state index contributed by atoms with van der Waals surface area (Å²) in [5, 5.41) is 7.09. The summed E-state index contributed by atoms with van der Waals surface area (Å²) in [6.07, 6.45) is 2.40. The molecule has 6 heteroatoms. The minimum atomic E-state index is 0.292. The Balaban J connectivity index is 2.04. The first-order valence-corrected chi connectivity index (χ1v) is 6.96. The van der Waals surface area contributed by atoms with Gasteiger partial charge in [0.25, 0.3) is 0 Å². The van der Waals surface area contributed by atoms with Crippen LogP contribution in [-0.4, -0.2) is 16.7 Å². The van der Waals surface area contributed by atoms with Crippen molar-refractivity contribution in [1.82, 2.24) is 15.5 Å². The van der Waals surface area contributed by atoms with Gasteiger partial charge in [-0.15, -0.1) is 0 Å². The van der Waals surface area contributed by atoms with Gasteiger partial charge in [0.15, 0.2) is 6.61 Å². The van der Waals surface area contributed by atoms with Gasteiger partial charge in [0, 0.05) is 12.1 Å². The Bertz CT molecular complexity index is 503. The fourth-order valence-corrected chi connectivity index (χ4v) is 2.17. The molecule has 1 heterocycles. The molecule has 1 aromatic heterocycles. The molecule has 2 aromatic rings. The summed E-state index contributed by atoms with van der Waals surface area (Å²) in [4.78, 5) is 3.93. The number of hydrogen-bond donors (Lipinski definition) is 1. The highest BCUT2D eigenvalue weighted by Crippen LogP contribution is 2.29. The second kappa shape index (κ2) is 7.25. The molecule has 0 bridgehead atoms. The highest BCUT2D eigenvalue weighted by atomic mass is 79.9. The number of rotatable bonds is 7. The summed E-state index contributed by atoms with van der Waals surface area (Å²) in [5.41, 5.74) is 1.10. The van der Waals surface area contributed by atoms with Crippen LogP contribution in [0.2, 0.25) is 0 Å². The molecule has 0 aliphatic heterocycles. The van der Waals surface area contributed by atoms with Crippen molar-refractivity contribution >= 4 is 15.9 Å². The normalized spacial score (nSPS) is 10.6. The van der Waals surface area contributed by atoms with E-state index in [4.69, 9.17) is 4.74 Å². The highest BCUT2D eigenvalue weighted by Gasteiger charge is 2.09. The van der Waals surface area contributed by atoms with Gasteiger partial charge in [-0.1, -0.05) is 24.2 Å². The smallest absolute Gasteiger partial charge is 0.213 e. The predicted molar refractivity (Wildman–Crippen MR) is 74.8 cm³/mol. The van der Waals surface area contributed by atoms with E-state index in [1.807, 2.05) is 18.2 Å². The van der Waals surface area contributed by atoms with E-state index in [0.717, 1.165) is 35.3 Å². The molecule has 0 radical (unpaired) electrons. The molecule has 102 valence electrons. The summed E-state index contributed by atoms with van der Waals surface area (Å²) in [5.74, 6) is 1.35. The lowest BCUT2D eigenvalue weighted by atomic mass is 10.2. The minimum Gasteiger partial charge on any atom is -0.484 e. The van der Waals surface area contributed by atoms with Crippen LogP contribution >= 0.6 is 15.9 Å². The van der Waals surface area contributed by atoms with E-state index in [1.54, 1.807) is 0 Å². The Labute approximate surface area is 120 Å². The fraction of sp³-hybridized carbons (Fsp3) is 0.385. The van der Waals surface area contributed by atoms with Crippen molar-refractivity contribution in [3.63, 3.8) is 0 Å². The van der Waals surface area contributed by atoms with Gasteiger partial charge in [-0.25, -0.2) is 0 Å². The monoisotopic (exact) mass is 325 g/mol. The SMILES string of the molecule is CCCNCc1cccc(Br)c1OCc1ncon1. The molecule has 1 N–H and O–H groups in total. The molecular formula is C13H16BrN3O2. The number of nitrogens with zero attached hydrogens (tertiary/aromatic N) is 2. The van der Waals surface area contributed by atoms with Gasteiger partial charge in [0.2, 0.25) is 12.2 Å². The Morgan fingerprint density at radius 2 is 2.32 bits per heavy atom. The second-order valence-corrected chi connectivity index (χ2v) is 4.90. The zero-order valence-electron chi connectivity index (χ0n) is 10.7. The minimum absolute atomic E-state index is 0.292. The zero-order chi connectivity index (χ0) is 13.5. The van der Waals surface area contributed by atoms with Crippen molar-refractivity contribution in [2.24, 2.45) is 0 Å². The van der Waals surface area contributed by atoms with E-state index in [0.29, 0.717) is 12.4 Å². The summed E-state index contributed by atoms with van der Waals surface area (Å²) in [7, 11) is 0. The number of hydrogen-bond acceptors (Lipinski definition) is 5. The predicted octanol–water partition coefficient (Wildman–Crippen LogP) is 2.91. The first kappa shape index (κ1) is 14.0. The van der Waals surface area contributed by atoms with Gasteiger partial charge >= 0.3 is 0 Å². The molecule has 0 unspecified atom stereocenters.